The molecule has 0 saturated heterocycles. The molecule has 0 heteroatoms. The zero-order valence-corrected chi connectivity index (χ0v) is 24.0. The molecule has 0 aliphatic rings. The van der Waals surface area contributed by atoms with Crippen LogP contribution in [0.4, 0.5) is 0 Å². The van der Waals surface area contributed by atoms with Gasteiger partial charge in [0, 0.05) is 0 Å². The highest BCUT2D eigenvalue weighted by atomic mass is 14.2. The maximum atomic E-state index is 2.41. The average molecular weight is 555 g/mol. The third-order valence-corrected chi connectivity index (χ3v) is 9.72. The highest BCUT2D eigenvalue weighted by Crippen LogP contribution is 2.50. The smallest absolute Gasteiger partial charge is 0.00137 e. The Morgan fingerprint density at radius 3 is 0.932 bits per heavy atom. The quantitative estimate of drug-likeness (QED) is 0.147. The topological polar surface area (TPSA) is 0 Å². The summed E-state index contributed by atoms with van der Waals surface area (Å²) in [4.78, 5) is 0. The Labute approximate surface area is 254 Å². The van der Waals surface area contributed by atoms with Crippen molar-refractivity contribution in [1.82, 2.24) is 0 Å². The van der Waals surface area contributed by atoms with E-state index in [1.165, 1.54) is 97.7 Å². The van der Waals surface area contributed by atoms with Crippen LogP contribution < -0.4 is 0 Å². The fourth-order valence-electron chi connectivity index (χ4n) is 7.82. The number of hydrogen-bond acceptors (Lipinski definition) is 0. The van der Waals surface area contributed by atoms with Crippen molar-refractivity contribution in [1.29, 1.82) is 0 Å². The molecular formula is C44H26. The van der Waals surface area contributed by atoms with E-state index in [-0.39, 0.29) is 0 Å². The molecule has 0 nitrogen and oxygen atoms in total. The summed E-state index contributed by atoms with van der Waals surface area (Å²) in [6, 6.07) is 58.6. The second-order valence-corrected chi connectivity index (χ2v) is 12.0. The van der Waals surface area contributed by atoms with Crippen LogP contribution in [0.25, 0.3) is 97.7 Å². The van der Waals surface area contributed by atoms with E-state index >= 15 is 0 Å². The van der Waals surface area contributed by atoms with Gasteiger partial charge in [-0.05, 0) is 122 Å². The Bertz CT molecular complexity index is 2540. The van der Waals surface area contributed by atoms with Gasteiger partial charge in [0.15, 0.2) is 0 Å². The first-order valence-electron chi connectivity index (χ1n) is 15.4. The number of benzene rings is 10. The van der Waals surface area contributed by atoms with Crippen LogP contribution in [0, 0.1) is 0 Å². The van der Waals surface area contributed by atoms with Crippen molar-refractivity contribution < 1.29 is 0 Å². The summed E-state index contributed by atoms with van der Waals surface area (Å²) in [5.74, 6) is 0. The first kappa shape index (κ1) is 23.8. The number of rotatable bonds is 2. The summed E-state index contributed by atoms with van der Waals surface area (Å²) in [6.45, 7) is 0. The first-order chi connectivity index (χ1) is 21.8. The molecule has 0 N–H and O–H groups in total. The third-order valence-electron chi connectivity index (χ3n) is 9.72. The van der Waals surface area contributed by atoms with E-state index in [9.17, 15) is 0 Å². The maximum Gasteiger partial charge on any atom is -0.00137 e. The Morgan fingerprint density at radius 1 is 0.227 bits per heavy atom. The lowest BCUT2D eigenvalue weighted by Crippen LogP contribution is -1.94. The van der Waals surface area contributed by atoms with Gasteiger partial charge >= 0.3 is 0 Å². The molecule has 0 heterocycles. The van der Waals surface area contributed by atoms with Crippen LogP contribution in [0.3, 0.4) is 0 Å². The molecule has 0 atom stereocenters. The summed E-state index contributed by atoms with van der Waals surface area (Å²) in [5.41, 5.74) is 5.14. The predicted molar refractivity (Wildman–Crippen MR) is 191 cm³/mol. The van der Waals surface area contributed by atoms with Gasteiger partial charge in [-0.15, -0.1) is 0 Å². The average Bonchev–Trinajstić information content (AvgIpc) is 3.09. The molecule has 10 aromatic rings. The molecule has 0 saturated carbocycles. The van der Waals surface area contributed by atoms with Crippen LogP contribution in [0.2, 0.25) is 0 Å². The van der Waals surface area contributed by atoms with E-state index in [1.54, 1.807) is 0 Å². The molecule has 0 aliphatic carbocycles. The van der Waals surface area contributed by atoms with Gasteiger partial charge in [-0.25, -0.2) is 0 Å². The van der Waals surface area contributed by atoms with Crippen molar-refractivity contribution in [2.24, 2.45) is 0 Å². The molecule has 44 heavy (non-hydrogen) atoms. The maximum absolute atomic E-state index is 2.41. The Hall–Kier alpha value is -5.72. The second kappa shape index (κ2) is 8.89. The van der Waals surface area contributed by atoms with Gasteiger partial charge < -0.3 is 0 Å². The fraction of sp³-hybridized carbons (Fsp3) is 0. The first-order valence-corrected chi connectivity index (χ1v) is 15.4. The van der Waals surface area contributed by atoms with Gasteiger partial charge in [-0.3, -0.25) is 0 Å². The summed E-state index contributed by atoms with van der Waals surface area (Å²) >= 11 is 0. The van der Waals surface area contributed by atoms with E-state index in [0.717, 1.165) is 0 Å². The van der Waals surface area contributed by atoms with Crippen molar-refractivity contribution in [3.63, 3.8) is 0 Å². The van der Waals surface area contributed by atoms with Crippen LogP contribution in [0.1, 0.15) is 0 Å². The van der Waals surface area contributed by atoms with Gasteiger partial charge in [0.25, 0.3) is 0 Å². The molecule has 0 amide bonds. The minimum absolute atomic E-state index is 1.25. The predicted octanol–water partition coefficient (Wildman–Crippen LogP) is 12.5. The second-order valence-electron chi connectivity index (χ2n) is 12.0. The molecule has 10 rings (SSSR count). The van der Waals surface area contributed by atoms with E-state index < -0.39 is 0 Å². The lowest BCUT2D eigenvalue weighted by Gasteiger charge is -2.22. The van der Waals surface area contributed by atoms with Gasteiger partial charge in [0.1, 0.15) is 0 Å². The van der Waals surface area contributed by atoms with Crippen molar-refractivity contribution in [3.8, 4) is 22.3 Å². The fourth-order valence-corrected chi connectivity index (χ4v) is 7.82. The summed E-state index contributed by atoms with van der Waals surface area (Å²) in [6.07, 6.45) is 0. The van der Waals surface area contributed by atoms with Crippen LogP contribution in [-0.2, 0) is 0 Å². The number of hydrogen-bond donors (Lipinski definition) is 0. The lowest BCUT2D eigenvalue weighted by molar-refractivity contribution is 1.68. The molecule has 0 fully saturated rings. The summed E-state index contributed by atoms with van der Waals surface area (Å²) in [7, 11) is 0. The number of fused-ring (bicyclic) bond motifs is 6. The Morgan fingerprint density at radius 2 is 0.545 bits per heavy atom. The minimum atomic E-state index is 1.25. The van der Waals surface area contributed by atoms with Crippen LogP contribution in [0.15, 0.2) is 158 Å². The molecular weight excluding hydrogens is 528 g/mol. The zero-order valence-electron chi connectivity index (χ0n) is 24.0. The summed E-state index contributed by atoms with van der Waals surface area (Å²) < 4.78 is 0. The summed E-state index contributed by atoms with van der Waals surface area (Å²) in [5, 5.41) is 18.3. The Kier molecular flexibility index (Phi) is 4.81. The molecule has 0 unspecified atom stereocenters. The van der Waals surface area contributed by atoms with Gasteiger partial charge in [-0.2, -0.15) is 0 Å². The minimum Gasteiger partial charge on any atom is -0.0622 e. The van der Waals surface area contributed by atoms with Crippen molar-refractivity contribution in [3.05, 3.63) is 158 Å². The van der Waals surface area contributed by atoms with E-state index in [2.05, 4.69) is 158 Å². The monoisotopic (exact) mass is 554 g/mol. The van der Waals surface area contributed by atoms with Gasteiger partial charge in [0.05, 0.1) is 0 Å². The van der Waals surface area contributed by atoms with Crippen molar-refractivity contribution >= 4 is 75.4 Å². The van der Waals surface area contributed by atoms with Crippen molar-refractivity contribution in [2.75, 3.05) is 0 Å². The standard InChI is InChI=1S/C44H26/c1-3-11-27(12-4-1)41-35-21-22-36-42(28-13-5-2-6-14-28)40-26-32-18-10-8-16-30(32)24-38(40)34-20-19-33(43(35)44(34)36)37-23-29-15-7-9-17-31(29)25-39(37)41/h1-26H. The van der Waals surface area contributed by atoms with Crippen LogP contribution in [0.5, 0.6) is 0 Å². The highest BCUT2D eigenvalue weighted by molar-refractivity contribution is 6.39. The van der Waals surface area contributed by atoms with E-state index in [1.807, 2.05) is 0 Å². The molecule has 0 aliphatic heterocycles. The third kappa shape index (κ3) is 3.23. The lowest BCUT2D eigenvalue weighted by atomic mass is 9.81. The van der Waals surface area contributed by atoms with E-state index in [4.69, 9.17) is 0 Å². The zero-order chi connectivity index (χ0) is 28.8. The van der Waals surface area contributed by atoms with Crippen LogP contribution >= 0.6 is 0 Å². The van der Waals surface area contributed by atoms with Gasteiger partial charge in [-0.1, -0.05) is 133 Å². The van der Waals surface area contributed by atoms with Crippen LogP contribution in [-0.4, -0.2) is 0 Å². The molecule has 10 aromatic carbocycles. The largest absolute Gasteiger partial charge is 0.0622 e. The molecule has 202 valence electrons. The normalized spacial score (nSPS) is 12.1. The molecule has 0 aromatic heterocycles. The Balaban J connectivity index is 1.50. The van der Waals surface area contributed by atoms with Gasteiger partial charge in [0.2, 0.25) is 0 Å². The SMILES string of the molecule is c1ccc(-c2c3cc4ccccc4cc3c3ccc4c5cc6ccccc6cc5c(-c5ccccc5)c5ccc2c3c54)cc1. The molecule has 0 radical (unpaired) electrons. The highest BCUT2D eigenvalue weighted by Gasteiger charge is 2.21. The van der Waals surface area contributed by atoms with Crippen molar-refractivity contribution in [2.45, 2.75) is 0 Å². The molecule has 0 spiro atoms. The van der Waals surface area contributed by atoms with E-state index in [0.29, 0.717) is 0 Å². The molecule has 0 bridgehead atoms.